The van der Waals surface area contributed by atoms with Gasteiger partial charge in [-0.25, -0.2) is 4.98 Å². The lowest BCUT2D eigenvalue weighted by Crippen LogP contribution is -2.28. The Hall–Kier alpha value is -1.94. The zero-order chi connectivity index (χ0) is 20.0. The Balaban J connectivity index is 2.71. The highest BCUT2D eigenvalue weighted by Gasteiger charge is 2.34. The first-order valence-electron chi connectivity index (χ1n) is 10.2. The molecule has 1 aromatic carbocycles. The van der Waals surface area contributed by atoms with Crippen molar-refractivity contribution in [2.45, 2.75) is 78.7 Å². The van der Waals surface area contributed by atoms with E-state index >= 15 is 0 Å². The summed E-state index contributed by atoms with van der Waals surface area (Å²) in [4.78, 5) is 9.63. The topological polar surface area (TPSA) is 55.2 Å². The summed E-state index contributed by atoms with van der Waals surface area (Å²) in [6, 6.07) is 6.37. The van der Waals surface area contributed by atoms with E-state index in [1.54, 1.807) is 7.11 Å². The molecule has 0 bridgehead atoms. The molecule has 0 saturated carbocycles. The van der Waals surface area contributed by atoms with Crippen molar-refractivity contribution in [3.8, 4) is 17.3 Å². The maximum atomic E-state index is 11.4. The SMILES string of the molecule is CCCC(O)(CCC)c1c(C)nc(-c2c(CC)cccc2CC)nc1OC. The molecule has 27 heavy (non-hydrogen) atoms. The van der Waals surface area contributed by atoms with Gasteiger partial charge < -0.3 is 9.84 Å². The van der Waals surface area contributed by atoms with E-state index < -0.39 is 5.60 Å². The van der Waals surface area contributed by atoms with E-state index in [4.69, 9.17) is 14.7 Å². The number of ether oxygens (including phenoxy) is 1. The number of nitrogens with zero attached hydrogens (tertiary/aromatic N) is 2. The van der Waals surface area contributed by atoms with E-state index in [9.17, 15) is 5.11 Å². The summed E-state index contributed by atoms with van der Waals surface area (Å²) in [6.45, 7) is 10.4. The summed E-state index contributed by atoms with van der Waals surface area (Å²) in [5.74, 6) is 1.19. The first-order valence-corrected chi connectivity index (χ1v) is 10.2. The fourth-order valence-corrected chi connectivity index (χ4v) is 4.07. The van der Waals surface area contributed by atoms with Crippen LogP contribution < -0.4 is 4.74 Å². The quantitative estimate of drug-likeness (QED) is 0.644. The Bertz CT molecular complexity index is 743. The minimum atomic E-state index is -0.949. The van der Waals surface area contributed by atoms with Crippen molar-refractivity contribution in [2.24, 2.45) is 0 Å². The van der Waals surface area contributed by atoms with Gasteiger partial charge in [0, 0.05) is 5.56 Å². The summed E-state index contributed by atoms with van der Waals surface area (Å²) in [5.41, 5.74) is 4.17. The van der Waals surface area contributed by atoms with Crippen LogP contribution in [0.2, 0.25) is 0 Å². The van der Waals surface area contributed by atoms with Crippen LogP contribution >= 0.6 is 0 Å². The molecule has 1 N–H and O–H groups in total. The third-order valence-corrected chi connectivity index (χ3v) is 5.27. The Labute approximate surface area is 164 Å². The highest BCUT2D eigenvalue weighted by atomic mass is 16.5. The van der Waals surface area contributed by atoms with E-state index in [-0.39, 0.29) is 0 Å². The van der Waals surface area contributed by atoms with Gasteiger partial charge >= 0.3 is 0 Å². The highest BCUT2D eigenvalue weighted by molar-refractivity contribution is 5.66. The van der Waals surface area contributed by atoms with Crippen LogP contribution in [0.3, 0.4) is 0 Å². The fourth-order valence-electron chi connectivity index (χ4n) is 4.07. The molecule has 0 amide bonds. The van der Waals surface area contributed by atoms with Crippen LogP contribution in [-0.2, 0) is 18.4 Å². The molecule has 0 aliphatic rings. The first-order chi connectivity index (χ1) is 12.9. The third kappa shape index (κ3) is 4.32. The number of hydrogen-bond acceptors (Lipinski definition) is 4. The van der Waals surface area contributed by atoms with Gasteiger partial charge in [0.05, 0.1) is 24.0 Å². The number of benzene rings is 1. The second-order valence-electron chi connectivity index (χ2n) is 7.21. The van der Waals surface area contributed by atoms with E-state index in [1.165, 1.54) is 11.1 Å². The van der Waals surface area contributed by atoms with Crippen LogP contribution in [0.1, 0.15) is 75.8 Å². The van der Waals surface area contributed by atoms with Gasteiger partial charge in [-0.2, -0.15) is 4.98 Å². The maximum Gasteiger partial charge on any atom is 0.223 e. The average Bonchev–Trinajstić information content (AvgIpc) is 2.66. The van der Waals surface area contributed by atoms with E-state index in [0.29, 0.717) is 24.5 Å². The van der Waals surface area contributed by atoms with E-state index in [1.807, 2.05) is 6.92 Å². The molecule has 2 aromatic rings. The molecule has 4 heteroatoms. The number of aliphatic hydroxyl groups is 1. The van der Waals surface area contributed by atoms with Crippen LogP contribution in [0.5, 0.6) is 5.88 Å². The fraction of sp³-hybridized carbons (Fsp3) is 0.565. The number of hydrogen-bond donors (Lipinski definition) is 1. The van der Waals surface area contributed by atoms with E-state index in [0.717, 1.165) is 42.5 Å². The normalized spacial score (nSPS) is 11.7. The Kier molecular flexibility index (Phi) is 7.37. The predicted octanol–water partition coefficient (Wildman–Crippen LogP) is 5.37. The van der Waals surface area contributed by atoms with Gasteiger partial charge in [-0.05, 0) is 43.7 Å². The second kappa shape index (κ2) is 9.32. The summed E-state index contributed by atoms with van der Waals surface area (Å²) >= 11 is 0. The van der Waals surface area contributed by atoms with Crippen molar-refractivity contribution in [2.75, 3.05) is 7.11 Å². The predicted molar refractivity (Wildman–Crippen MR) is 111 cm³/mol. The van der Waals surface area contributed by atoms with Crippen molar-refractivity contribution in [1.82, 2.24) is 9.97 Å². The van der Waals surface area contributed by atoms with Gasteiger partial charge in [-0.15, -0.1) is 0 Å². The molecular formula is C23H34N2O2. The Morgan fingerprint density at radius 2 is 1.52 bits per heavy atom. The van der Waals surface area contributed by atoms with Crippen molar-refractivity contribution in [1.29, 1.82) is 0 Å². The van der Waals surface area contributed by atoms with Crippen molar-refractivity contribution >= 4 is 0 Å². The molecule has 0 radical (unpaired) electrons. The third-order valence-electron chi connectivity index (χ3n) is 5.27. The average molecular weight is 371 g/mol. The summed E-state index contributed by atoms with van der Waals surface area (Å²) < 4.78 is 5.66. The highest BCUT2D eigenvalue weighted by Crippen LogP contribution is 2.39. The Morgan fingerprint density at radius 3 is 1.96 bits per heavy atom. The van der Waals surface area contributed by atoms with Gasteiger partial charge in [0.25, 0.3) is 0 Å². The van der Waals surface area contributed by atoms with Crippen LogP contribution in [0.25, 0.3) is 11.4 Å². The lowest BCUT2D eigenvalue weighted by Gasteiger charge is -2.30. The lowest BCUT2D eigenvalue weighted by atomic mass is 9.84. The smallest absolute Gasteiger partial charge is 0.223 e. The summed E-state index contributed by atoms with van der Waals surface area (Å²) in [7, 11) is 1.62. The first kappa shape index (κ1) is 21.4. The Morgan fingerprint density at radius 1 is 0.963 bits per heavy atom. The molecule has 0 aliphatic carbocycles. The minimum Gasteiger partial charge on any atom is -0.481 e. The lowest BCUT2D eigenvalue weighted by molar-refractivity contribution is 0.0132. The maximum absolute atomic E-state index is 11.4. The molecule has 0 fully saturated rings. The molecule has 0 aliphatic heterocycles. The molecule has 1 heterocycles. The molecular weight excluding hydrogens is 336 g/mol. The molecule has 0 saturated heterocycles. The molecule has 0 unspecified atom stereocenters. The number of aromatic nitrogens is 2. The van der Waals surface area contributed by atoms with Gasteiger partial charge in [0.2, 0.25) is 5.88 Å². The minimum absolute atomic E-state index is 0.495. The van der Waals surface area contributed by atoms with Crippen molar-refractivity contribution < 1.29 is 9.84 Å². The molecule has 0 atom stereocenters. The van der Waals surface area contributed by atoms with Gasteiger partial charge in [-0.1, -0.05) is 58.7 Å². The molecule has 2 rings (SSSR count). The number of methoxy groups -OCH3 is 1. The van der Waals surface area contributed by atoms with Crippen molar-refractivity contribution in [3.63, 3.8) is 0 Å². The standard InChI is InChI=1S/C23H34N2O2/c1-7-14-23(26,15-8-2)20-16(5)24-21(25-22(20)27-6)19-17(9-3)12-11-13-18(19)10-4/h11-13,26H,7-10,14-15H2,1-6H3. The molecule has 0 spiro atoms. The number of aryl methyl sites for hydroxylation is 3. The summed E-state index contributed by atoms with van der Waals surface area (Å²) in [5, 5.41) is 11.4. The molecule has 148 valence electrons. The largest absolute Gasteiger partial charge is 0.481 e. The monoisotopic (exact) mass is 370 g/mol. The van der Waals surface area contributed by atoms with Crippen molar-refractivity contribution in [3.05, 3.63) is 40.6 Å². The van der Waals surface area contributed by atoms with Crippen LogP contribution in [0, 0.1) is 6.92 Å². The molecule has 4 nitrogen and oxygen atoms in total. The zero-order valence-corrected chi connectivity index (χ0v) is 17.7. The summed E-state index contributed by atoms with van der Waals surface area (Å²) in [6.07, 6.45) is 4.97. The van der Waals surface area contributed by atoms with Gasteiger partial charge in [-0.3, -0.25) is 0 Å². The van der Waals surface area contributed by atoms with Gasteiger partial charge in [0.15, 0.2) is 5.82 Å². The van der Waals surface area contributed by atoms with E-state index in [2.05, 4.69) is 45.9 Å². The van der Waals surface area contributed by atoms with Crippen LogP contribution in [0.4, 0.5) is 0 Å². The van der Waals surface area contributed by atoms with Crippen LogP contribution in [-0.4, -0.2) is 22.2 Å². The zero-order valence-electron chi connectivity index (χ0n) is 17.7. The van der Waals surface area contributed by atoms with Gasteiger partial charge in [0.1, 0.15) is 0 Å². The molecule has 1 aromatic heterocycles. The van der Waals surface area contributed by atoms with Crippen LogP contribution in [0.15, 0.2) is 18.2 Å². The second-order valence-corrected chi connectivity index (χ2v) is 7.21. The number of rotatable bonds is 9.